The number of halogens is 1. The first-order valence-electron chi connectivity index (χ1n) is 5.91. The smallest absolute Gasteiger partial charge is 0.286 e. The topological polar surface area (TPSA) is 39.8 Å². The van der Waals surface area contributed by atoms with Gasteiger partial charge in [-0.15, -0.1) is 0 Å². The first kappa shape index (κ1) is 11.6. The molecule has 19 heavy (non-hydrogen) atoms. The number of fused-ring (bicyclic) bond motifs is 1. The Morgan fingerprint density at radius 1 is 1.21 bits per heavy atom. The van der Waals surface area contributed by atoms with Gasteiger partial charge in [0.05, 0.1) is 12.1 Å². The monoisotopic (exact) mass is 257 g/mol. The van der Waals surface area contributed by atoms with Crippen LogP contribution in [0.3, 0.4) is 0 Å². The fraction of sp³-hybridized carbons (Fsp3) is 0.143. The van der Waals surface area contributed by atoms with Crippen LogP contribution < -0.4 is 5.69 Å². The van der Waals surface area contributed by atoms with E-state index in [0.717, 1.165) is 11.1 Å². The summed E-state index contributed by atoms with van der Waals surface area (Å²) in [5, 5.41) is 0. The highest BCUT2D eigenvalue weighted by Crippen LogP contribution is 2.11. The van der Waals surface area contributed by atoms with Gasteiger partial charge in [-0.25, -0.2) is 14.2 Å². The number of rotatable bonds is 2. The van der Waals surface area contributed by atoms with Crippen molar-refractivity contribution in [3.05, 3.63) is 64.5 Å². The Morgan fingerprint density at radius 3 is 2.68 bits per heavy atom. The molecule has 0 radical (unpaired) electrons. The van der Waals surface area contributed by atoms with Crippen molar-refractivity contribution in [1.82, 2.24) is 14.1 Å². The Hall–Kier alpha value is -2.43. The van der Waals surface area contributed by atoms with Gasteiger partial charge in [0.15, 0.2) is 5.65 Å². The third kappa shape index (κ3) is 1.93. The summed E-state index contributed by atoms with van der Waals surface area (Å²) in [6.45, 7) is 0.405. The lowest BCUT2D eigenvalue weighted by atomic mass is 10.2. The van der Waals surface area contributed by atoms with Crippen LogP contribution in [-0.2, 0) is 13.6 Å². The molecule has 0 N–H and O–H groups in total. The van der Waals surface area contributed by atoms with Gasteiger partial charge >= 0.3 is 5.69 Å². The molecule has 0 amide bonds. The third-order valence-corrected chi connectivity index (χ3v) is 3.15. The van der Waals surface area contributed by atoms with Gasteiger partial charge in [-0.05, 0) is 29.8 Å². The summed E-state index contributed by atoms with van der Waals surface area (Å²) in [6.07, 6.45) is 1.66. The van der Waals surface area contributed by atoms with Crippen molar-refractivity contribution in [2.75, 3.05) is 0 Å². The molecule has 3 aromatic rings. The molecular formula is C14H12FN3O. The number of hydrogen-bond donors (Lipinski definition) is 0. The number of pyridine rings is 1. The molecule has 2 aromatic heterocycles. The number of benzene rings is 1. The Bertz CT molecular complexity index is 787. The molecule has 0 fully saturated rings. The molecule has 96 valence electrons. The summed E-state index contributed by atoms with van der Waals surface area (Å²) in [6, 6.07) is 9.79. The van der Waals surface area contributed by atoms with E-state index in [9.17, 15) is 9.18 Å². The predicted octanol–water partition coefficient (Wildman–Crippen LogP) is 1.92. The van der Waals surface area contributed by atoms with Crippen LogP contribution in [0.5, 0.6) is 0 Å². The average Bonchev–Trinajstić information content (AvgIpc) is 2.67. The molecule has 3 rings (SSSR count). The molecular weight excluding hydrogens is 245 g/mol. The average molecular weight is 257 g/mol. The third-order valence-electron chi connectivity index (χ3n) is 3.15. The van der Waals surface area contributed by atoms with Crippen LogP contribution in [0.25, 0.3) is 11.2 Å². The maximum Gasteiger partial charge on any atom is 0.330 e. The van der Waals surface area contributed by atoms with Crippen molar-refractivity contribution >= 4 is 11.2 Å². The summed E-state index contributed by atoms with van der Waals surface area (Å²) in [5.74, 6) is -0.282. The van der Waals surface area contributed by atoms with Crippen molar-refractivity contribution in [2.45, 2.75) is 6.54 Å². The normalized spacial score (nSPS) is 11.1. The van der Waals surface area contributed by atoms with Crippen molar-refractivity contribution in [1.29, 1.82) is 0 Å². The maximum atomic E-state index is 12.9. The van der Waals surface area contributed by atoms with E-state index < -0.39 is 0 Å². The highest BCUT2D eigenvalue weighted by molar-refractivity contribution is 5.71. The van der Waals surface area contributed by atoms with E-state index in [1.54, 1.807) is 36.0 Å². The molecule has 2 heterocycles. The molecule has 0 aliphatic heterocycles. The SMILES string of the molecule is Cn1c(=O)n(Cc2ccc(F)cc2)c2cccnc21. The van der Waals surface area contributed by atoms with Crippen LogP contribution in [0, 0.1) is 5.82 Å². The number of aromatic nitrogens is 3. The minimum absolute atomic E-state index is 0.127. The van der Waals surface area contributed by atoms with E-state index >= 15 is 0 Å². The van der Waals surface area contributed by atoms with Gasteiger partial charge in [0.2, 0.25) is 0 Å². The predicted molar refractivity (Wildman–Crippen MR) is 70.5 cm³/mol. The molecule has 0 saturated heterocycles. The number of imidazole rings is 1. The van der Waals surface area contributed by atoms with E-state index in [4.69, 9.17) is 0 Å². The van der Waals surface area contributed by atoms with Crippen LogP contribution in [0.1, 0.15) is 5.56 Å². The second kappa shape index (κ2) is 4.35. The molecule has 1 aromatic carbocycles. The second-order valence-corrected chi connectivity index (χ2v) is 4.40. The Labute approximate surface area is 108 Å². The van der Waals surface area contributed by atoms with E-state index in [1.165, 1.54) is 16.7 Å². The molecule has 0 aliphatic rings. The zero-order chi connectivity index (χ0) is 13.4. The summed E-state index contributed by atoms with van der Waals surface area (Å²) < 4.78 is 16.0. The van der Waals surface area contributed by atoms with Crippen LogP contribution in [0.4, 0.5) is 4.39 Å². The van der Waals surface area contributed by atoms with Crippen molar-refractivity contribution in [3.63, 3.8) is 0 Å². The van der Waals surface area contributed by atoms with Gasteiger partial charge in [0.25, 0.3) is 0 Å². The molecule has 0 unspecified atom stereocenters. The summed E-state index contributed by atoms with van der Waals surface area (Å²) in [5.41, 5.74) is 2.17. The van der Waals surface area contributed by atoms with E-state index in [2.05, 4.69) is 4.98 Å². The van der Waals surface area contributed by atoms with Crippen LogP contribution in [0.15, 0.2) is 47.4 Å². The van der Waals surface area contributed by atoms with Gasteiger partial charge < -0.3 is 0 Å². The van der Waals surface area contributed by atoms with Crippen molar-refractivity contribution in [3.8, 4) is 0 Å². The Morgan fingerprint density at radius 2 is 1.95 bits per heavy atom. The first-order valence-corrected chi connectivity index (χ1v) is 5.91. The largest absolute Gasteiger partial charge is 0.330 e. The number of hydrogen-bond acceptors (Lipinski definition) is 2. The fourth-order valence-corrected chi connectivity index (χ4v) is 2.16. The molecule has 0 saturated carbocycles. The number of nitrogens with zero attached hydrogens (tertiary/aromatic N) is 3. The molecule has 0 atom stereocenters. The summed E-state index contributed by atoms with van der Waals surface area (Å²) in [4.78, 5) is 16.4. The fourth-order valence-electron chi connectivity index (χ4n) is 2.16. The van der Waals surface area contributed by atoms with Gasteiger partial charge in [-0.1, -0.05) is 12.1 Å². The highest BCUT2D eigenvalue weighted by Gasteiger charge is 2.11. The Balaban J connectivity index is 2.13. The molecule has 4 nitrogen and oxygen atoms in total. The number of aryl methyl sites for hydroxylation is 1. The van der Waals surface area contributed by atoms with Crippen LogP contribution in [0.2, 0.25) is 0 Å². The standard InChI is InChI=1S/C14H12FN3O/c1-17-13-12(3-2-8-16-13)18(14(17)19)9-10-4-6-11(15)7-5-10/h2-8H,9H2,1H3. The minimum atomic E-state index is -0.282. The Kier molecular flexibility index (Phi) is 2.67. The van der Waals surface area contributed by atoms with Gasteiger partial charge in [-0.2, -0.15) is 0 Å². The van der Waals surface area contributed by atoms with Crippen LogP contribution in [-0.4, -0.2) is 14.1 Å². The molecule has 5 heteroatoms. The highest BCUT2D eigenvalue weighted by atomic mass is 19.1. The summed E-state index contributed by atoms with van der Waals surface area (Å²) in [7, 11) is 1.69. The quantitative estimate of drug-likeness (QED) is 0.703. The minimum Gasteiger partial charge on any atom is -0.286 e. The van der Waals surface area contributed by atoms with Crippen molar-refractivity contribution in [2.24, 2.45) is 7.05 Å². The maximum absolute atomic E-state index is 12.9. The first-order chi connectivity index (χ1) is 9.16. The van der Waals surface area contributed by atoms with Gasteiger partial charge in [0, 0.05) is 13.2 Å². The molecule has 0 spiro atoms. The zero-order valence-electron chi connectivity index (χ0n) is 10.4. The van der Waals surface area contributed by atoms with Gasteiger partial charge in [0.1, 0.15) is 5.82 Å². The van der Waals surface area contributed by atoms with Gasteiger partial charge in [-0.3, -0.25) is 9.13 Å². The van der Waals surface area contributed by atoms with Crippen molar-refractivity contribution < 1.29 is 4.39 Å². The lowest BCUT2D eigenvalue weighted by molar-refractivity contribution is 0.626. The zero-order valence-corrected chi connectivity index (χ0v) is 10.4. The molecule has 0 bridgehead atoms. The summed E-state index contributed by atoms with van der Waals surface area (Å²) >= 11 is 0. The second-order valence-electron chi connectivity index (χ2n) is 4.40. The lowest BCUT2D eigenvalue weighted by Gasteiger charge is -2.03. The van der Waals surface area contributed by atoms with E-state index in [-0.39, 0.29) is 11.5 Å². The van der Waals surface area contributed by atoms with Crippen LogP contribution >= 0.6 is 0 Å². The van der Waals surface area contributed by atoms with E-state index in [1.807, 2.05) is 6.07 Å². The lowest BCUT2D eigenvalue weighted by Crippen LogP contribution is -2.22. The molecule has 0 aliphatic carbocycles. The van der Waals surface area contributed by atoms with E-state index in [0.29, 0.717) is 12.2 Å².